The number of hydrogen-bond donors (Lipinski definition) is 2. The highest BCUT2D eigenvalue weighted by atomic mass is 32.1. The molecule has 18 heavy (non-hydrogen) atoms. The molecule has 3 unspecified atom stereocenters. The molecule has 0 aromatic carbocycles. The summed E-state index contributed by atoms with van der Waals surface area (Å²) in [5, 5.41) is 17.8. The molecule has 0 aliphatic heterocycles. The maximum Gasteiger partial charge on any atom is 0.0568 e. The monoisotopic (exact) mass is 267 g/mol. The molecule has 3 atom stereocenters. The summed E-state index contributed by atoms with van der Waals surface area (Å²) in [6, 6.07) is 2.64. The summed E-state index contributed by atoms with van der Waals surface area (Å²) in [4.78, 5) is 0. The van der Waals surface area contributed by atoms with Crippen molar-refractivity contribution in [1.29, 1.82) is 0 Å². The molecule has 2 rings (SSSR count). The smallest absolute Gasteiger partial charge is 0.0568 e. The van der Waals surface area contributed by atoms with Gasteiger partial charge in [-0.05, 0) is 67.5 Å². The van der Waals surface area contributed by atoms with Crippen molar-refractivity contribution in [2.24, 2.45) is 5.92 Å². The SMILES string of the molecule is CC(NCCCC1CCCCC1O)c1ccsc1. The van der Waals surface area contributed by atoms with Crippen LogP contribution >= 0.6 is 11.3 Å². The van der Waals surface area contributed by atoms with Gasteiger partial charge in [0.1, 0.15) is 0 Å². The fourth-order valence-electron chi connectivity index (χ4n) is 2.85. The lowest BCUT2D eigenvalue weighted by Gasteiger charge is -2.27. The summed E-state index contributed by atoms with van der Waals surface area (Å²) in [6.07, 6.45) is 7.07. The van der Waals surface area contributed by atoms with Crippen molar-refractivity contribution in [1.82, 2.24) is 5.32 Å². The topological polar surface area (TPSA) is 32.3 Å². The lowest BCUT2D eigenvalue weighted by atomic mass is 9.83. The second kappa shape index (κ2) is 7.27. The minimum absolute atomic E-state index is 0.0342. The van der Waals surface area contributed by atoms with Crippen LogP contribution in [-0.4, -0.2) is 17.8 Å². The number of aliphatic hydroxyl groups excluding tert-OH is 1. The Kier molecular flexibility index (Phi) is 5.67. The van der Waals surface area contributed by atoms with Gasteiger partial charge in [-0.25, -0.2) is 0 Å². The molecule has 1 heterocycles. The molecule has 1 aromatic rings. The fraction of sp³-hybridized carbons (Fsp3) is 0.733. The van der Waals surface area contributed by atoms with Crippen LogP contribution in [0.25, 0.3) is 0 Å². The van der Waals surface area contributed by atoms with E-state index in [2.05, 4.69) is 29.1 Å². The van der Waals surface area contributed by atoms with Crippen molar-refractivity contribution in [3.63, 3.8) is 0 Å². The van der Waals surface area contributed by atoms with E-state index >= 15 is 0 Å². The number of rotatable bonds is 6. The van der Waals surface area contributed by atoms with Crippen LogP contribution in [0.3, 0.4) is 0 Å². The second-order valence-electron chi connectivity index (χ2n) is 5.49. The van der Waals surface area contributed by atoms with Crippen LogP contribution in [-0.2, 0) is 0 Å². The number of hydrogen-bond acceptors (Lipinski definition) is 3. The number of thiophene rings is 1. The Bertz CT molecular complexity index is 325. The lowest BCUT2D eigenvalue weighted by molar-refractivity contribution is 0.0642. The average molecular weight is 267 g/mol. The first kappa shape index (κ1) is 14.0. The highest BCUT2D eigenvalue weighted by Gasteiger charge is 2.22. The van der Waals surface area contributed by atoms with E-state index in [1.807, 2.05) is 0 Å². The van der Waals surface area contributed by atoms with E-state index in [1.165, 1.54) is 37.7 Å². The minimum atomic E-state index is -0.0342. The highest BCUT2D eigenvalue weighted by molar-refractivity contribution is 7.07. The Hall–Kier alpha value is -0.380. The van der Waals surface area contributed by atoms with E-state index in [-0.39, 0.29) is 6.10 Å². The molecule has 3 heteroatoms. The number of aliphatic hydroxyl groups is 1. The predicted molar refractivity (Wildman–Crippen MR) is 77.9 cm³/mol. The Balaban J connectivity index is 1.61. The molecule has 1 fully saturated rings. The zero-order valence-corrected chi connectivity index (χ0v) is 12.1. The van der Waals surface area contributed by atoms with Crippen molar-refractivity contribution in [3.05, 3.63) is 22.4 Å². The molecule has 2 nitrogen and oxygen atoms in total. The molecule has 0 spiro atoms. The summed E-state index contributed by atoms with van der Waals surface area (Å²) >= 11 is 1.76. The van der Waals surface area contributed by atoms with E-state index in [0.717, 1.165) is 13.0 Å². The summed E-state index contributed by atoms with van der Waals surface area (Å²) < 4.78 is 0. The first-order valence-electron chi connectivity index (χ1n) is 7.21. The molecule has 1 aliphatic carbocycles. The van der Waals surface area contributed by atoms with Crippen LogP contribution in [0.1, 0.15) is 57.1 Å². The fourth-order valence-corrected chi connectivity index (χ4v) is 3.60. The van der Waals surface area contributed by atoms with Crippen molar-refractivity contribution < 1.29 is 5.11 Å². The summed E-state index contributed by atoms with van der Waals surface area (Å²) in [5.74, 6) is 0.553. The van der Waals surface area contributed by atoms with Crippen LogP contribution < -0.4 is 5.32 Å². The standard InChI is InChI=1S/C15H25NOS/c1-12(14-8-10-18-11-14)16-9-4-6-13-5-2-3-7-15(13)17/h8,10-13,15-17H,2-7,9H2,1H3. The quantitative estimate of drug-likeness (QED) is 0.770. The molecule has 1 aliphatic rings. The van der Waals surface area contributed by atoms with Gasteiger partial charge in [0.05, 0.1) is 6.10 Å². The van der Waals surface area contributed by atoms with Gasteiger partial charge in [0.2, 0.25) is 0 Å². The van der Waals surface area contributed by atoms with Crippen LogP contribution in [0.15, 0.2) is 16.8 Å². The van der Waals surface area contributed by atoms with Gasteiger partial charge in [-0.1, -0.05) is 12.8 Å². The summed E-state index contributed by atoms with van der Waals surface area (Å²) in [7, 11) is 0. The van der Waals surface area contributed by atoms with Gasteiger partial charge >= 0.3 is 0 Å². The van der Waals surface area contributed by atoms with Crippen molar-refractivity contribution in [3.8, 4) is 0 Å². The minimum Gasteiger partial charge on any atom is -0.393 e. The van der Waals surface area contributed by atoms with Crippen LogP contribution in [0.5, 0.6) is 0 Å². The Labute approximate surface area is 114 Å². The van der Waals surface area contributed by atoms with Crippen molar-refractivity contribution in [2.75, 3.05) is 6.54 Å². The molecule has 0 radical (unpaired) electrons. The van der Waals surface area contributed by atoms with Crippen LogP contribution in [0.4, 0.5) is 0 Å². The maximum absolute atomic E-state index is 9.91. The Morgan fingerprint density at radius 1 is 1.44 bits per heavy atom. The zero-order chi connectivity index (χ0) is 12.8. The Morgan fingerprint density at radius 3 is 3.00 bits per heavy atom. The third kappa shape index (κ3) is 4.08. The van der Waals surface area contributed by atoms with E-state index in [4.69, 9.17) is 0 Å². The summed E-state index contributed by atoms with van der Waals surface area (Å²) in [6.45, 7) is 3.28. The van der Waals surface area contributed by atoms with Gasteiger partial charge in [0.15, 0.2) is 0 Å². The average Bonchev–Trinajstić information content (AvgIpc) is 2.90. The number of nitrogens with one attached hydrogen (secondary N) is 1. The van der Waals surface area contributed by atoms with Crippen LogP contribution in [0, 0.1) is 5.92 Å². The van der Waals surface area contributed by atoms with Gasteiger partial charge < -0.3 is 10.4 Å². The second-order valence-corrected chi connectivity index (χ2v) is 6.27. The highest BCUT2D eigenvalue weighted by Crippen LogP contribution is 2.27. The third-order valence-corrected chi connectivity index (χ3v) is 4.82. The molecule has 0 bridgehead atoms. The third-order valence-electron chi connectivity index (χ3n) is 4.11. The predicted octanol–water partition coefficient (Wildman–Crippen LogP) is 3.73. The molecule has 1 aromatic heterocycles. The first-order chi connectivity index (χ1) is 8.77. The van der Waals surface area contributed by atoms with Crippen molar-refractivity contribution >= 4 is 11.3 Å². The van der Waals surface area contributed by atoms with Crippen molar-refractivity contribution in [2.45, 2.75) is 57.6 Å². The molecular weight excluding hydrogens is 242 g/mol. The van der Waals surface area contributed by atoms with E-state index in [1.54, 1.807) is 11.3 Å². The first-order valence-corrected chi connectivity index (χ1v) is 8.15. The van der Waals surface area contributed by atoms with Gasteiger partial charge in [-0.15, -0.1) is 0 Å². The molecule has 0 amide bonds. The molecule has 2 N–H and O–H groups in total. The van der Waals surface area contributed by atoms with Gasteiger partial charge in [-0.2, -0.15) is 11.3 Å². The molecule has 102 valence electrons. The maximum atomic E-state index is 9.91. The van der Waals surface area contributed by atoms with E-state index in [0.29, 0.717) is 12.0 Å². The lowest BCUT2D eigenvalue weighted by Crippen LogP contribution is -2.26. The largest absolute Gasteiger partial charge is 0.393 e. The van der Waals surface area contributed by atoms with Gasteiger partial charge in [0, 0.05) is 6.04 Å². The zero-order valence-electron chi connectivity index (χ0n) is 11.3. The van der Waals surface area contributed by atoms with Gasteiger partial charge in [0.25, 0.3) is 0 Å². The van der Waals surface area contributed by atoms with E-state index in [9.17, 15) is 5.11 Å². The molecule has 1 saturated carbocycles. The van der Waals surface area contributed by atoms with E-state index < -0.39 is 0 Å². The molecule has 0 saturated heterocycles. The normalized spacial score (nSPS) is 26.1. The molecular formula is C15H25NOS. The Morgan fingerprint density at radius 2 is 2.28 bits per heavy atom. The van der Waals surface area contributed by atoms with Crippen LogP contribution in [0.2, 0.25) is 0 Å². The van der Waals surface area contributed by atoms with Gasteiger partial charge in [-0.3, -0.25) is 0 Å². The summed E-state index contributed by atoms with van der Waals surface area (Å²) in [5.41, 5.74) is 1.39.